The number of carbonyl (C=O) groups excluding carboxylic acids is 1. The van der Waals surface area contributed by atoms with E-state index in [4.69, 9.17) is 5.73 Å². The van der Waals surface area contributed by atoms with Crippen molar-refractivity contribution in [1.82, 2.24) is 10.0 Å². The Bertz CT molecular complexity index is 553. The third-order valence-corrected chi connectivity index (χ3v) is 4.50. The summed E-state index contributed by atoms with van der Waals surface area (Å²) >= 11 is 0. The van der Waals surface area contributed by atoms with Crippen molar-refractivity contribution in [3.8, 4) is 0 Å². The largest absolute Gasteiger partial charge is 0.356 e. The van der Waals surface area contributed by atoms with Gasteiger partial charge in [-0.1, -0.05) is 12.1 Å². The molecule has 0 bridgehead atoms. The molecule has 0 saturated heterocycles. The minimum atomic E-state index is -3.41. The van der Waals surface area contributed by atoms with Crippen LogP contribution in [0.5, 0.6) is 0 Å². The highest BCUT2D eigenvalue weighted by atomic mass is 32.2. The van der Waals surface area contributed by atoms with E-state index in [0.29, 0.717) is 19.4 Å². The maximum atomic E-state index is 11.6. The molecule has 0 saturated carbocycles. The molecular weight excluding hydrogens is 290 g/mol. The van der Waals surface area contributed by atoms with E-state index >= 15 is 0 Å². The minimum Gasteiger partial charge on any atom is -0.356 e. The molecule has 0 aliphatic heterocycles. The van der Waals surface area contributed by atoms with Crippen LogP contribution in [-0.2, 0) is 21.2 Å². The second kappa shape index (κ2) is 8.11. The van der Waals surface area contributed by atoms with Crippen molar-refractivity contribution in [2.45, 2.75) is 37.1 Å². The average Bonchev–Trinajstić information content (AvgIpc) is 2.45. The zero-order valence-electron chi connectivity index (χ0n) is 12.4. The summed E-state index contributed by atoms with van der Waals surface area (Å²) in [6.45, 7) is 2.47. The molecule has 6 nitrogen and oxygen atoms in total. The molecule has 21 heavy (non-hydrogen) atoms. The van der Waals surface area contributed by atoms with Crippen molar-refractivity contribution in [2.24, 2.45) is 5.73 Å². The Hall–Kier alpha value is -1.44. The first-order valence-electron chi connectivity index (χ1n) is 6.90. The molecule has 1 unspecified atom stereocenters. The second-order valence-corrected chi connectivity index (χ2v) is 6.85. The van der Waals surface area contributed by atoms with E-state index in [1.165, 1.54) is 19.2 Å². The summed E-state index contributed by atoms with van der Waals surface area (Å²) < 4.78 is 25.4. The number of sulfonamides is 1. The third kappa shape index (κ3) is 6.24. The van der Waals surface area contributed by atoms with Crippen molar-refractivity contribution in [1.29, 1.82) is 0 Å². The van der Waals surface area contributed by atoms with Crippen LogP contribution in [-0.4, -0.2) is 34.0 Å². The summed E-state index contributed by atoms with van der Waals surface area (Å²) in [5.74, 6) is -0.0254. The first-order chi connectivity index (χ1) is 9.85. The predicted molar refractivity (Wildman–Crippen MR) is 82.3 cm³/mol. The standard InChI is InChI=1S/C14H23N3O3S/c1-11(15)9-10-17-14(18)8-5-12-3-6-13(7-4-12)21(19,20)16-2/h3-4,6-7,11,16H,5,8-10,15H2,1-2H3,(H,17,18). The molecule has 0 aliphatic rings. The molecule has 1 rings (SSSR count). The zero-order chi connectivity index (χ0) is 15.9. The normalized spacial score (nSPS) is 12.9. The number of nitrogens with one attached hydrogen (secondary N) is 2. The third-order valence-electron chi connectivity index (χ3n) is 3.06. The van der Waals surface area contributed by atoms with Crippen LogP contribution in [0, 0.1) is 0 Å². The van der Waals surface area contributed by atoms with Crippen LogP contribution in [0.3, 0.4) is 0 Å². The van der Waals surface area contributed by atoms with Gasteiger partial charge in [0.15, 0.2) is 0 Å². The lowest BCUT2D eigenvalue weighted by atomic mass is 10.1. The molecule has 0 spiro atoms. The molecule has 1 atom stereocenters. The quantitative estimate of drug-likeness (QED) is 0.646. The number of carbonyl (C=O) groups is 1. The molecule has 0 aliphatic carbocycles. The van der Waals surface area contributed by atoms with E-state index in [9.17, 15) is 13.2 Å². The van der Waals surface area contributed by atoms with Crippen molar-refractivity contribution in [3.63, 3.8) is 0 Å². The Balaban J connectivity index is 2.44. The van der Waals surface area contributed by atoms with Crippen LogP contribution < -0.4 is 15.8 Å². The molecule has 4 N–H and O–H groups in total. The minimum absolute atomic E-state index is 0.0254. The lowest BCUT2D eigenvalue weighted by molar-refractivity contribution is -0.121. The van der Waals surface area contributed by atoms with E-state index in [0.717, 1.165) is 12.0 Å². The number of benzene rings is 1. The first-order valence-corrected chi connectivity index (χ1v) is 8.38. The highest BCUT2D eigenvalue weighted by molar-refractivity contribution is 7.89. The van der Waals surface area contributed by atoms with Crippen LogP contribution >= 0.6 is 0 Å². The molecule has 0 heterocycles. The molecule has 118 valence electrons. The Morgan fingerprint density at radius 2 is 1.90 bits per heavy atom. The fourth-order valence-electron chi connectivity index (χ4n) is 1.74. The predicted octanol–water partition coefficient (Wildman–Crippen LogP) is 0.381. The lowest BCUT2D eigenvalue weighted by Crippen LogP contribution is -2.29. The number of rotatable bonds is 8. The fourth-order valence-corrected chi connectivity index (χ4v) is 2.47. The van der Waals surface area contributed by atoms with Gasteiger partial charge in [-0.05, 0) is 44.5 Å². The maximum Gasteiger partial charge on any atom is 0.240 e. The SMILES string of the molecule is CNS(=O)(=O)c1ccc(CCC(=O)NCCC(C)N)cc1. The van der Waals surface area contributed by atoms with Crippen LogP contribution in [0.1, 0.15) is 25.3 Å². The number of hydrogen-bond donors (Lipinski definition) is 3. The smallest absolute Gasteiger partial charge is 0.240 e. The summed E-state index contributed by atoms with van der Waals surface area (Å²) in [5, 5.41) is 2.80. The van der Waals surface area contributed by atoms with Gasteiger partial charge in [0.25, 0.3) is 0 Å². The van der Waals surface area contributed by atoms with Gasteiger partial charge in [0.2, 0.25) is 15.9 Å². The average molecular weight is 313 g/mol. The Morgan fingerprint density at radius 3 is 2.43 bits per heavy atom. The van der Waals surface area contributed by atoms with E-state index in [1.807, 2.05) is 6.92 Å². The summed E-state index contributed by atoms with van der Waals surface area (Å²) in [4.78, 5) is 11.8. The summed E-state index contributed by atoms with van der Waals surface area (Å²) in [5.41, 5.74) is 6.52. The van der Waals surface area contributed by atoms with Gasteiger partial charge in [-0.2, -0.15) is 0 Å². The molecule has 1 amide bonds. The number of amides is 1. The Kier molecular flexibility index (Phi) is 6.80. The van der Waals surface area contributed by atoms with Crippen LogP contribution in [0.4, 0.5) is 0 Å². The van der Waals surface area contributed by atoms with Crippen LogP contribution in [0.2, 0.25) is 0 Å². The highest BCUT2D eigenvalue weighted by Gasteiger charge is 2.10. The van der Waals surface area contributed by atoms with Gasteiger partial charge in [-0.3, -0.25) is 4.79 Å². The van der Waals surface area contributed by atoms with Crippen molar-refractivity contribution >= 4 is 15.9 Å². The van der Waals surface area contributed by atoms with Crippen LogP contribution in [0.15, 0.2) is 29.2 Å². The summed E-state index contributed by atoms with van der Waals surface area (Å²) in [6.07, 6.45) is 1.70. The molecule has 0 aromatic heterocycles. The summed E-state index contributed by atoms with van der Waals surface area (Å²) in [7, 11) is -2.04. The van der Waals surface area contributed by atoms with Gasteiger partial charge < -0.3 is 11.1 Å². The number of nitrogens with two attached hydrogens (primary N) is 1. The van der Waals surface area contributed by atoms with E-state index < -0.39 is 10.0 Å². The van der Waals surface area contributed by atoms with Crippen molar-refractivity contribution < 1.29 is 13.2 Å². The molecule has 1 aromatic carbocycles. The Morgan fingerprint density at radius 1 is 1.29 bits per heavy atom. The van der Waals surface area contributed by atoms with Gasteiger partial charge in [-0.25, -0.2) is 13.1 Å². The lowest BCUT2D eigenvalue weighted by Gasteiger charge is -2.08. The van der Waals surface area contributed by atoms with Gasteiger partial charge in [0.1, 0.15) is 0 Å². The zero-order valence-corrected chi connectivity index (χ0v) is 13.2. The fraction of sp³-hybridized carbons (Fsp3) is 0.500. The number of hydrogen-bond acceptors (Lipinski definition) is 4. The van der Waals surface area contributed by atoms with Gasteiger partial charge in [-0.15, -0.1) is 0 Å². The van der Waals surface area contributed by atoms with Gasteiger partial charge in [0, 0.05) is 19.0 Å². The van der Waals surface area contributed by atoms with E-state index in [1.54, 1.807) is 12.1 Å². The Labute approximate surface area is 126 Å². The van der Waals surface area contributed by atoms with Gasteiger partial charge in [0.05, 0.1) is 4.90 Å². The molecular formula is C14H23N3O3S. The molecule has 0 radical (unpaired) electrons. The maximum absolute atomic E-state index is 11.6. The van der Waals surface area contributed by atoms with E-state index in [-0.39, 0.29) is 16.8 Å². The molecule has 0 fully saturated rings. The monoisotopic (exact) mass is 313 g/mol. The summed E-state index contributed by atoms with van der Waals surface area (Å²) in [6, 6.07) is 6.59. The first kappa shape index (κ1) is 17.6. The molecule has 1 aromatic rings. The van der Waals surface area contributed by atoms with E-state index in [2.05, 4.69) is 10.0 Å². The van der Waals surface area contributed by atoms with Crippen molar-refractivity contribution in [3.05, 3.63) is 29.8 Å². The van der Waals surface area contributed by atoms with Crippen LogP contribution in [0.25, 0.3) is 0 Å². The van der Waals surface area contributed by atoms with Crippen molar-refractivity contribution in [2.75, 3.05) is 13.6 Å². The topological polar surface area (TPSA) is 101 Å². The number of aryl methyl sites for hydroxylation is 1. The molecule has 7 heteroatoms. The highest BCUT2D eigenvalue weighted by Crippen LogP contribution is 2.11. The second-order valence-electron chi connectivity index (χ2n) is 4.97. The van der Waals surface area contributed by atoms with Gasteiger partial charge >= 0.3 is 0 Å².